The number of piperazine rings is 1. The van der Waals surface area contributed by atoms with Gasteiger partial charge in [-0.05, 0) is 48.5 Å². The van der Waals surface area contributed by atoms with Crippen molar-refractivity contribution in [2.75, 3.05) is 58.3 Å². The lowest BCUT2D eigenvalue weighted by Gasteiger charge is -2.39. The Labute approximate surface area is 194 Å². The number of hydrogen-bond donors (Lipinski definition) is 2. The molecule has 8 heteroatoms. The van der Waals surface area contributed by atoms with Crippen molar-refractivity contribution in [3.63, 3.8) is 0 Å². The van der Waals surface area contributed by atoms with Crippen LogP contribution in [0.4, 0.5) is 5.69 Å². The molecule has 172 valence electrons. The van der Waals surface area contributed by atoms with Gasteiger partial charge in [0, 0.05) is 56.9 Å². The number of benzene rings is 1. The summed E-state index contributed by atoms with van der Waals surface area (Å²) in [5.41, 5.74) is 3.88. The number of fused-ring (bicyclic) bond motifs is 1. The van der Waals surface area contributed by atoms with Gasteiger partial charge in [0.1, 0.15) is 0 Å². The second-order valence-corrected chi connectivity index (χ2v) is 9.77. The molecular formula is C24H33N5O2S. The second kappa shape index (κ2) is 10.5. The average molecular weight is 456 g/mol. The van der Waals surface area contributed by atoms with Crippen LogP contribution in [0.2, 0.25) is 0 Å². The molecule has 1 saturated heterocycles. The summed E-state index contributed by atoms with van der Waals surface area (Å²) in [6, 6.07) is 10.6. The summed E-state index contributed by atoms with van der Waals surface area (Å²) in [5.74, 6) is -1.15. The van der Waals surface area contributed by atoms with E-state index in [1.807, 2.05) is 17.5 Å². The number of carbonyl (C=O) groups excluding carboxylic acids is 2. The van der Waals surface area contributed by atoms with Crippen LogP contribution < -0.4 is 15.5 Å². The number of anilines is 1. The second-order valence-electron chi connectivity index (χ2n) is 8.74. The minimum atomic E-state index is -0.581. The summed E-state index contributed by atoms with van der Waals surface area (Å²) in [6.07, 6.45) is 2.24. The van der Waals surface area contributed by atoms with Crippen molar-refractivity contribution in [2.24, 2.45) is 0 Å². The van der Waals surface area contributed by atoms with Crippen LogP contribution in [0, 0.1) is 0 Å². The molecule has 1 aromatic heterocycles. The molecule has 0 radical (unpaired) electrons. The number of nitrogens with one attached hydrogen (secondary N) is 2. The zero-order chi connectivity index (χ0) is 22.5. The molecule has 0 bridgehead atoms. The Hall–Kier alpha value is -2.42. The lowest BCUT2D eigenvalue weighted by molar-refractivity contribution is -0.139. The van der Waals surface area contributed by atoms with E-state index in [2.05, 4.69) is 57.6 Å². The first kappa shape index (κ1) is 22.8. The van der Waals surface area contributed by atoms with Crippen molar-refractivity contribution in [3.05, 3.63) is 51.7 Å². The van der Waals surface area contributed by atoms with Gasteiger partial charge >= 0.3 is 11.8 Å². The SMILES string of the molecule is CN1CCN(C(CNC(=O)C(=O)NCc2cccs2)c2ccc3c(c2)CCCN3C)CC1. The molecule has 2 aliphatic heterocycles. The Bertz CT molecular complexity index is 924. The first-order chi connectivity index (χ1) is 15.5. The smallest absolute Gasteiger partial charge is 0.309 e. The van der Waals surface area contributed by atoms with Gasteiger partial charge in [-0.1, -0.05) is 18.2 Å². The van der Waals surface area contributed by atoms with Gasteiger partial charge in [-0.3, -0.25) is 14.5 Å². The third-order valence-electron chi connectivity index (χ3n) is 6.48. The summed E-state index contributed by atoms with van der Waals surface area (Å²) in [6.45, 7) is 5.77. The van der Waals surface area contributed by atoms with E-state index in [0.29, 0.717) is 13.1 Å². The summed E-state index contributed by atoms with van der Waals surface area (Å²) < 4.78 is 0. The van der Waals surface area contributed by atoms with Crippen LogP contribution in [0.15, 0.2) is 35.7 Å². The fourth-order valence-corrected chi connectivity index (χ4v) is 5.18. The Morgan fingerprint density at radius 3 is 2.56 bits per heavy atom. The van der Waals surface area contributed by atoms with Crippen molar-refractivity contribution in [2.45, 2.75) is 25.4 Å². The first-order valence-electron chi connectivity index (χ1n) is 11.4. The van der Waals surface area contributed by atoms with Crippen molar-refractivity contribution in [1.82, 2.24) is 20.4 Å². The van der Waals surface area contributed by atoms with Gasteiger partial charge < -0.3 is 20.4 Å². The minimum Gasteiger partial charge on any atom is -0.374 e. The largest absolute Gasteiger partial charge is 0.374 e. The summed E-state index contributed by atoms with van der Waals surface area (Å²) in [5, 5.41) is 7.57. The molecule has 2 aliphatic rings. The molecule has 0 saturated carbocycles. The van der Waals surface area contributed by atoms with Crippen LogP contribution in [-0.4, -0.2) is 75.0 Å². The molecule has 1 fully saturated rings. The molecule has 1 unspecified atom stereocenters. The third-order valence-corrected chi connectivity index (χ3v) is 7.36. The number of thiophene rings is 1. The van der Waals surface area contributed by atoms with Gasteiger partial charge in [-0.2, -0.15) is 0 Å². The van der Waals surface area contributed by atoms with Crippen LogP contribution in [0.5, 0.6) is 0 Å². The molecule has 1 atom stereocenters. The molecule has 2 N–H and O–H groups in total. The molecule has 0 aliphatic carbocycles. The Morgan fingerprint density at radius 2 is 1.81 bits per heavy atom. The van der Waals surface area contributed by atoms with Crippen molar-refractivity contribution in [1.29, 1.82) is 0 Å². The first-order valence-corrected chi connectivity index (χ1v) is 12.2. The fourth-order valence-electron chi connectivity index (χ4n) is 4.53. The topological polar surface area (TPSA) is 67.9 Å². The van der Waals surface area contributed by atoms with Crippen molar-refractivity contribution < 1.29 is 9.59 Å². The molecule has 7 nitrogen and oxygen atoms in total. The molecule has 3 heterocycles. The van der Waals surface area contributed by atoms with Gasteiger partial charge in [-0.15, -0.1) is 11.3 Å². The molecule has 0 spiro atoms. The van der Waals surface area contributed by atoms with Gasteiger partial charge in [0.15, 0.2) is 0 Å². The molecular weight excluding hydrogens is 422 g/mol. The Kier molecular flexibility index (Phi) is 7.44. The van der Waals surface area contributed by atoms with E-state index in [1.54, 1.807) is 11.3 Å². The monoisotopic (exact) mass is 455 g/mol. The molecule has 4 rings (SSSR count). The maximum Gasteiger partial charge on any atom is 0.309 e. The number of likely N-dealkylation sites (N-methyl/N-ethyl adjacent to an activating group) is 1. The summed E-state index contributed by atoms with van der Waals surface area (Å²) in [7, 11) is 4.28. The predicted octanol–water partition coefficient (Wildman–Crippen LogP) is 1.85. The van der Waals surface area contributed by atoms with Gasteiger partial charge in [0.05, 0.1) is 12.6 Å². The van der Waals surface area contributed by atoms with E-state index in [-0.39, 0.29) is 6.04 Å². The highest BCUT2D eigenvalue weighted by molar-refractivity contribution is 7.09. The van der Waals surface area contributed by atoms with E-state index >= 15 is 0 Å². The van der Waals surface area contributed by atoms with Crippen LogP contribution in [0.1, 0.15) is 28.5 Å². The standard InChI is InChI=1S/C24H33N5O2S/c1-27-10-12-29(13-11-27)22(19-7-8-21-18(15-19)5-3-9-28(21)2)17-26-24(31)23(30)25-16-20-6-4-14-32-20/h4,6-8,14-15,22H,3,5,9-13,16-17H2,1-2H3,(H,25,30)(H,26,31). The maximum atomic E-state index is 12.5. The Balaban J connectivity index is 1.44. The minimum absolute atomic E-state index is 0.0512. The van der Waals surface area contributed by atoms with Crippen LogP contribution >= 0.6 is 11.3 Å². The number of rotatable bonds is 6. The zero-order valence-corrected chi connectivity index (χ0v) is 19.8. The van der Waals surface area contributed by atoms with Crippen molar-refractivity contribution >= 4 is 28.8 Å². The van der Waals surface area contributed by atoms with Gasteiger partial charge in [0.25, 0.3) is 0 Å². The lowest BCUT2D eigenvalue weighted by Crippen LogP contribution is -2.49. The highest BCUT2D eigenvalue weighted by Gasteiger charge is 2.26. The number of hydrogen-bond acceptors (Lipinski definition) is 6. The molecule has 1 aromatic carbocycles. The molecule has 32 heavy (non-hydrogen) atoms. The van der Waals surface area contributed by atoms with Gasteiger partial charge in [0.2, 0.25) is 0 Å². The maximum absolute atomic E-state index is 12.5. The van der Waals surface area contributed by atoms with E-state index in [4.69, 9.17) is 0 Å². The number of carbonyl (C=O) groups is 2. The van der Waals surface area contributed by atoms with Crippen LogP contribution in [0.3, 0.4) is 0 Å². The summed E-state index contributed by atoms with van der Waals surface area (Å²) in [4.78, 5) is 32.9. The van der Waals surface area contributed by atoms with Crippen molar-refractivity contribution in [3.8, 4) is 0 Å². The third kappa shape index (κ3) is 5.49. The number of nitrogens with zero attached hydrogens (tertiary/aromatic N) is 3. The van der Waals surface area contributed by atoms with Crippen LogP contribution in [0.25, 0.3) is 0 Å². The molecule has 2 amide bonds. The summed E-state index contributed by atoms with van der Waals surface area (Å²) >= 11 is 1.56. The van der Waals surface area contributed by atoms with E-state index in [9.17, 15) is 9.59 Å². The lowest BCUT2D eigenvalue weighted by atomic mass is 9.95. The molecule has 2 aromatic rings. The van der Waals surface area contributed by atoms with E-state index < -0.39 is 11.8 Å². The highest BCUT2D eigenvalue weighted by Crippen LogP contribution is 2.31. The normalized spacial score (nSPS) is 18.1. The van der Waals surface area contributed by atoms with Gasteiger partial charge in [-0.25, -0.2) is 0 Å². The average Bonchev–Trinajstić information content (AvgIpc) is 3.32. The fraction of sp³-hybridized carbons (Fsp3) is 0.500. The predicted molar refractivity (Wildman–Crippen MR) is 129 cm³/mol. The zero-order valence-electron chi connectivity index (χ0n) is 19.0. The highest BCUT2D eigenvalue weighted by atomic mass is 32.1. The quantitative estimate of drug-likeness (QED) is 0.651. The number of amides is 2. The van der Waals surface area contributed by atoms with E-state index in [1.165, 1.54) is 16.8 Å². The Morgan fingerprint density at radius 1 is 1.03 bits per heavy atom. The number of aryl methyl sites for hydroxylation is 1. The van der Waals surface area contributed by atoms with E-state index in [0.717, 1.165) is 50.4 Å². The van der Waals surface area contributed by atoms with Crippen LogP contribution in [-0.2, 0) is 22.6 Å².